The van der Waals surface area contributed by atoms with Gasteiger partial charge in [0.15, 0.2) is 11.5 Å². The van der Waals surface area contributed by atoms with Gasteiger partial charge >= 0.3 is 0 Å². The molecule has 0 spiro atoms. The number of anilines is 2. The number of carbonyl (C=O) groups is 1. The summed E-state index contributed by atoms with van der Waals surface area (Å²) in [5.41, 5.74) is 2.64. The smallest absolute Gasteiger partial charge is 0.274 e. The summed E-state index contributed by atoms with van der Waals surface area (Å²) in [4.78, 5) is 21.7. The minimum Gasteiger partial charge on any atom is -0.366 e. The maximum atomic E-state index is 13.0. The molecule has 30 heavy (non-hydrogen) atoms. The van der Waals surface area contributed by atoms with E-state index in [0.29, 0.717) is 18.8 Å². The van der Waals surface area contributed by atoms with Crippen LogP contribution in [-0.4, -0.2) is 92.4 Å². The molecule has 1 aromatic carbocycles. The van der Waals surface area contributed by atoms with Gasteiger partial charge in [-0.1, -0.05) is 30.3 Å². The average Bonchev–Trinajstić information content (AvgIpc) is 2.80. The van der Waals surface area contributed by atoms with Gasteiger partial charge in [0.25, 0.3) is 5.91 Å². The van der Waals surface area contributed by atoms with E-state index < -0.39 is 0 Å². The number of amides is 1. The number of benzene rings is 1. The normalized spacial score (nSPS) is 17.8. The Morgan fingerprint density at radius 1 is 1.03 bits per heavy atom. The van der Waals surface area contributed by atoms with Crippen molar-refractivity contribution in [2.75, 3.05) is 76.3 Å². The molecule has 160 valence electrons. The largest absolute Gasteiger partial charge is 0.366 e. The fraction of sp³-hybridized carbons (Fsp3) is 0.500. The molecule has 0 atom stereocenters. The highest BCUT2D eigenvalue weighted by molar-refractivity contribution is 5.94. The summed E-state index contributed by atoms with van der Waals surface area (Å²) < 4.78 is 0. The van der Waals surface area contributed by atoms with E-state index in [9.17, 15) is 4.79 Å². The number of nitrogens with one attached hydrogen (secondary N) is 1. The molecule has 8 heteroatoms. The lowest BCUT2D eigenvalue weighted by Gasteiger charge is -2.36. The van der Waals surface area contributed by atoms with E-state index in [1.54, 1.807) is 0 Å². The highest BCUT2D eigenvalue weighted by atomic mass is 16.2. The number of rotatable bonds is 5. The van der Waals surface area contributed by atoms with Crippen molar-refractivity contribution in [2.45, 2.75) is 6.54 Å². The zero-order valence-corrected chi connectivity index (χ0v) is 17.9. The minimum absolute atomic E-state index is 0.0309. The molecule has 0 unspecified atom stereocenters. The van der Waals surface area contributed by atoms with E-state index >= 15 is 0 Å². The number of hydrogen-bond donors (Lipinski definition) is 1. The lowest BCUT2D eigenvalue weighted by Crippen LogP contribution is -2.47. The Morgan fingerprint density at radius 3 is 2.43 bits per heavy atom. The van der Waals surface area contributed by atoms with Crippen molar-refractivity contribution in [3.05, 3.63) is 47.7 Å². The number of piperazine rings is 2. The number of hydrogen-bond acceptors (Lipinski definition) is 7. The topological polar surface area (TPSA) is 67.8 Å². The third-order valence-corrected chi connectivity index (χ3v) is 5.85. The molecule has 0 bridgehead atoms. The van der Waals surface area contributed by atoms with Gasteiger partial charge in [0.05, 0.1) is 5.69 Å². The zero-order chi connectivity index (χ0) is 20.9. The molecule has 2 fully saturated rings. The summed E-state index contributed by atoms with van der Waals surface area (Å²) in [6.45, 7) is 7.61. The van der Waals surface area contributed by atoms with Crippen LogP contribution in [0.25, 0.3) is 0 Å². The predicted molar refractivity (Wildman–Crippen MR) is 119 cm³/mol. The van der Waals surface area contributed by atoms with E-state index in [2.05, 4.69) is 49.4 Å². The maximum absolute atomic E-state index is 13.0. The van der Waals surface area contributed by atoms with Gasteiger partial charge in [-0.3, -0.25) is 4.79 Å². The van der Waals surface area contributed by atoms with Crippen LogP contribution in [0.4, 0.5) is 11.5 Å². The van der Waals surface area contributed by atoms with Crippen molar-refractivity contribution in [3.8, 4) is 0 Å². The summed E-state index contributed by atoms with van der Waals surface area (Å²) in [6, 6.07) is 12.3. The van der Waals surface area contributed by atoms with Crippen LogP contribution in [0, 0.1) is 0 Å². The number of likely N-dealkylation sites (N-methyl/N-ethyl adjacent to an activating group) is 1. The van der Waals surface area contributed by atoms with E-state index in [-0.39, 0.29) is 5.91 Å². The summed E-state index contributed by atoms with van der Waals surface area (Å²) in [5.74, 6) is 0.789. The SMILES string of the molecule is CN1CCN(c2cc(C(=O)N3CCNCC3)nnc2N(C)Cc2ccccc2)CC1. The third-order valence-electron chi connectivity index (χ3n) is 5.85. The van der Waals surface area contributed by atoms with Crippen molar-refractivity contribution in [1.82, 2.24) is 25.3 Å². The van der Waals surface area contributed by atoms with E-state index in [1.165, 1.54) is 5.56 Å². The maximum Gasteiger partial charge on any atom is 0.274 e. The molecule has 8 nitrogen and oxygen atoms in total. The van der Waals surface area contributed by atoms with Gasteiger partial charge in [-0.2, -0.15) is 0 Å². The summed E-state index contributed by atoms with van der Waals surface area (Å²) >= 11 is 0. The number of nitrogens with zero attached hydrogens (tertiary/aromatic N) is 6. The second-order valence-electron chi connectivity index (χ2n) is 8.11. The first-order valence-corrected chi connectivity index (χ1v) is 10.7. The molecule has 1 N–H and O–H groups in total. The Labute approximate surface area is 178 Å². The Balaban J connectivity index is 1.61. The fourth-order valence-corrected chi connectivity index (χ4v) is 3.99. The molecule has 2 aliphatic rings. The predicted octanol–water partition coefficient (Wildman–Crippen LogP) is 0.910. The molecule has 2 saturated heterocycles. The van der Waals surface area contributed by atoms with Gasteiger partial charge in [-0.15, -0.1) is 10.2 Å². The Hall–Kier alpha value is -2.71. The van der Waals surface area contributed by atoms with Crippen LogP contribution < -0.4 is 15.1 Å². The van der Waals surface area contributed by atoms with Gasteiger partial charge in [0.2, 0.25) is 0 Å². The molecule has 3 heterocycles. The van der Waals surface area contributed by atoms with Crippen LogP contribution in [0.1, 0.15) is 16.1 Å². The lowest BCUT2D eigenvalue weighted by atomic mass is 10.2. The molecule has 0 aliphatic carbocycles. The van der Waals surface area contributed by atoms with Crippen LogP contribution in [0.5, 0.6) is 0 Å². The van der Waals surface area contributed by atoms with Crippen molar-refractivity contribution >= 4 is 17.4 Å². The summed E-state index contributed by atoms with van der Waals surface area (Å²) in [5, 5.41) is 12.2. The van der Waals surface area contributed by atoms with Crippen LogP contribution in [0.3, 0.4) is 0 Å². The molecule has 0 radical (unpaired) electrons. The first kappa shape index (κ1) is 20.6. The lowest BCUT2D eigenvalue weighted by molar-refractivity contribution is 0.0728. The van der Waals surface area contributed by atoms with Gasteiger partial charge in [-0.05, 0) is 18.7 Å². The monoisotopic (exact) mass is 409 g/mol. The molecule has 2 aliphatic heterocycles. The number of carbonyl (C=O) groups excluding carboxylic acids is 1. The summed E-state index contributed by atoms with van der Waals surface area (Å²) in [6.07, 6.45) is 0. The van der Waals surface area contributed by atoms with E-state index in [1.807, 2.05) is 36.2 Å². The van der Waals surface area contributed by atoms with Crippen molar-refractivity contribution < 1.29 is 4.79 Å². The standard InChI is InChI=1S/C22H31N7O/c1-26-12-14-28(15-13-26)20-16-19(22(30)29-10-8-23-9-11-29)24-25-21(20)27(2)17-18-6-4-3-5-7-18/h3-7,16,23H,8-15,17H2,1-2H3. The van der Waals surface area contributed by atoms with Gasteiger partial charge in [-0.25, -0.2) is 0 Å². The second-order valence-corrected chi connectivity index (χ2v) is 8.11. The van der Waals surface area contributed by atoms with Gasteiger partial charge in [0.1, 0.15) is 0 Å². The van der Waals surface area contributed by atoms with E-state index in [4.69, 9.17) is 0 Å². The molecule has 1 aromatic heterocycles. The molecular formula is C22H31N7O. The first-order chi connectivity index (χ1) is 14.6. The zero-order valence-electron chi connectivity index (χ0n) is 17.9. The van der Waals surface area contributed by atoms with Crippen LogP contribution in [0.2, 0.25) is 0 Å². The molecule has 4 rings (SSSR count). The molecular weight excluding hydrogens is 378 g/mol. The Kier molecular flexibility index (Phi) is 6.44. The highest BCUT2D eigenvalue weighted by Gasteiger charge is 2.25. The quantitative estimate of drug-likeness (QED) is 0.787. The Bertz CT molecular complexity index is 846. The van der Waals surface area contributed by atoms with Crippen LogP contribution in [0.15, 0.2) is 36.4 Å². The average molecular weight is 410 g/mol. The summed E-state index contributed by atoms with van der Waals surface area (Å²) in [7, 11) is 4.18. The number of aromatic nitrogens is 2. The van der Waals surface area contributed by atoms with Crippen LogP contribution in [-0.2, 0) is 6.54 Å². The Morgan fingerprint density at radius 2 is 1.73 bits per heavy atom. The highest BCUT2D eigenvalue weighted by Crippen LogP contribution is 2.29. The van der Waals surface area contributed by atoms with Crippen molar-refractivity contribution in [2.24, 2.45) is 0 Å². The molecule has 0 saturated carbocycles. The van der Waals surface area contributed by atoms with Crippen molar-refractivity contribution in [3.63, 3.8) is 0 Å². The first-order valence-electron chi connectivity index (χ1n) is 10.7. The molecule has 2 aromatic rings. The minimum atomic E-state index is -0.0309. The second kappa shape index (κ2) is 9.40. The molecule has 1 amide bonds. The van der Waals surface area contributed by atoms with Crippen LogP contribution >= 0.6 is 0 Å². The third kappa shape index (κ3) is 4.71. The van der Waals surface area contributed by atoms with Gasteiger partial charge in [0, 0.05) is 66.0 Å². The van der Waals surface area contributed by atoms with Crippen molar-refractivity contribution in [1.29, 1.82) is 0 Å². The van der Waals surface area contributed by atoms with E-state index in [0.717, 1.165) is 57.3 Å². The van der Waals surface area contributed by atoms with Gasteiger partial charge < -0.3 is 24.9 Å². The fourth-order valence-electron chi connectivity index (χ4n) is 3.99.